The quantitative estimate of drug-likeness (QED) is 0.223. The second-order valence-electron chi connectivity index (χ2n) is 8.70. The van der Waals surface area contributed by atoms with Crippen LogP contribution < -0.4 is 9.64 Å². The van der Waals surface area contributed by atoms with Crippen molar-refractivity contribution < 1.29 is 19.4 Å². The van der Waals surface area contributed by atoms with E-state index < -0.39 is 17.7 Å². The van der Waals surface area contributed by atoms with E-state index in [1.54, 1.807) is 24.3 Å². The van der Waals surface area contributed by atoms with Gasteiger partial charge in [0.1, 0.15) is 17.6 Å². The minimum Gasteiger partial charge on any atom is -0.507 e. The molecule has 6 nitrogen and oxygen atoms in total. The molecule has 1 N–H and O–H groups in total. The van der Waals surface area contributed by atoms with Gasteiger partial charge in [-0.25, -0.2) is 4.98 Å². The lowest BCUT2D eigenvalue weighted by Crippen LogP contribution is -2.29. The summed E-state index contributed by atoms with van der Waals surface area (Å²) in [6.45, 7) is 5.92. The molecule has 1 aliphatic heterocycles. The molecule has 0 unspecified atom stereocenters. The average Bonchev–Trinajstić information content (AvgIpc) is 3.37. The van der Waals surface area contributed by atoms with E-state index in [0.717, 1.165) is 26.9 Å². The molecule has 35 heavy (non-hydrogen) atoms. The SMILES string of the molecule is COc1ccccc1[C@H]1/C(=C(\O)c2ccc(C)cc2)C(=O)C(=O)N1c1nc2c(C)cc(C)cc2s1. The van der Waals surface area contributed by atoms with Crippen LogP contribution in [0.2, 0.25) is 0 Å². The normalized spacial score (nSPS) is 17.4. The largest absolute Gasteiger partial charge is 0.507 e. The molecule has 1 aliphatic rings. The fourth-order valence-corrected chi connectivity index (χ4v) is 5.71. The van der Waals surface area contributed by atoms with Crippen molar-refractivity contribution in [3.05, 3.63) is 94.1 Å². The van der Waals surface area contributed by atoms with Crippen LogP contribution in [0.25, 0.3) is 16.0 Å². The average molecular weight is 485 g/mol. The number of benzene rings is 3. The maximum atomic E-state index is 13.5. The monoisotopic (exact) mass is 484 g/mol. The third kappa shape index (κ3) is 3.78. The molecule has 0 aliphatic carbocycles. The van der Waals surface area contributed by atoms with E-state index in [-0.39, 0.29) is 11.3 Å². The molecule has 0 radical (unpaired) electrons. The first-order valence-electron chi connectivity index (χ1n) is 11.2. The van der Waals surface area contributed by atoms with Gasteiger partial charge in [0.25, 0.3) is 5.78 Å². The van der Waals surface area contributed by atoms with Crippen molar-refractivity contribution in [3.63, 3.8) is 0 Å². The summed E-state index contributed by atoms with van der Waals surface area (Å²) < 4.78 is 6.51. The third-order valence-corrected chi connectivity index (χ3v) is 7.23. The highest BCUT2D eigenvalue weighted by molar-refractivity contribution is 7.22. The highest BCUT2D eigenvalue weighted by Crippen LogP contribution is 2.46. The summed E-state index contributed by atoms with van der Waals surface area (Å²) in [6.07, 6.45) is 0. The molecule has 0 spiro atoms. The summed E-state index contributed by atoms with van der Waals surface area (Å²) in [5.74, 6) is -1.21. The van der Waals surface area contributed by atoms with Crippen LogP contribution in [0.4, 0.5) is 5.13 Å². The molecular weight excluding hydrogens is 460 g/mol. The predicted octanol–water partition coefficient (Wildman–Crippen LogP) is 5.86. The predicted molar refractivity (Wildman–Crippen MR) is 138 cm³/mol. The van der Waals surface area contributed by atoms with Gasteiger partial charge in [-0.2, -0.15) is 0 Å². The highest BCUT2D eigenvalue weighted by atomic mass is 32.1. The molecule has 5 rings (SSSR count). The zero-order valence-electron chi connectivity index (χ0n) is 19.8. The summed E-state index contributed by atoms with van der Waals surface area (Å²) in [5, 5.41) is 11.7. The number of aliphatic hydroxyl groups is 1. The first-order valence-corrected chi connectivity index (χ1v) is 12.0. The first kappa shape index (κ1) is 22.8. The van der Waals surface area contributed by atoms with Crippen LogP contribution >= 0.6 is 11.3 Å². The molecule has 176 valence electrons. The van der Waals surface area contributed by atoms with Crippen LogP contribution in [0.15, 0.2) is 66.2 Å². The molecule has 1 amide bonds. The van der Waals surface area contributed by atoms with Crippen molar-refractivity contribution >= 4 is 44.1 Å². The Morgan fingerprint density at radius 3 is 2.43 bits per heavy atom. The van der Waals surface area contributed by atoms with Gasteiger partial charge in [-0.15, -0.1) is 0 Å². The maximum absolute atomic E-state index is 13.5. The number of aromatic nitrogens is 1. The molecule has 0 saturated carbocycles. The van der Waals surface area contributed by atoms with E-state index in [0.29, 0.717) is 22.0 Å². The van der Waals surface area contributed by atoms with Gasteiger partial charge >= 0.3 is 5.91 Å². The van der Waals surface area contributed by atoms with Gasteiger partial charge in [-0.05, 0) is 44.0 Å². The highest BCUT2D eigenvalue weighted by Gasteiger charge is 2.49. The number of anilines is 1. The number of carbonyl (C=O) groups excluding carboxylic acids is 2. The molecule has 1 atom stereocenters. The number of aliphatic hydroxyl groups excluding tert-OH is 1. The van der Waals surface area contributed by atoms with E-state index in [9.17, 15) is 14.7 Å². The van der Waals surface area contributed by atoms with Gasteiger partial charge in [0.05, 0.1) is 22.9 Å². The molecule has 3 aromatic carbocycles. The standard InChI is InChI=1S/C28H24N2O4S/c1-15-9-11-18(12-10-15)25(31)22-24(19-7-5-6-8-20(19)34-4)30(27(33)26(22)32)28-29-23-17(3)13-16(2)14-21(23)35-28/h5-14,24,31H,1-4H3/b25-22+/t24-/m0/s1. The number of hydrogen-bond donors (Lipinski definition) is 1. The summed E-state index contributed by atoms with van der Waals surface area (Å²) in [6, 6.07) is 17.5. The van der Waals surface area contributed by atoms with E-state index in [4.69, 9.17) is 9.72 Å². The lowest BCUT2D eigenvalue weighted by atomic mass is 9.94. The fourth-order valence-electron chi connectivity index (χ4n) is 4.55. The number of amides is 1. The van der Waals surface area contributed by atoms with E-state index in [1.165, 1.54) is 23.3 Å². The number of fused-ring (bicyclic) bond motifs is 1. The number of methoxy groups -OCH3 is 1. The van der Waals surface area contributed by atoms with Crippen LogP contribution in [0.1, 0.15) is 33.9 Å². The molecular formula is C28H24N2O4S. The third-order valence-electron chi connectivity index (χ3n) is 6.23. The van der Waals surface area contributed by atoms with E-state index >= 15 is 0 Å². The number of nitrogens with zero attached hydrogens (tertiary/aromatic N) is 2. The topological polar surface area (TPSA) is 79.7 Å². The molecule has 7 heteroatoms. The molecule has 0 bridgehead atoms. The number of thiazole rings is 1. The Kier molecular flexibility index (Phi) is 5.65. The second kappa shape index (κ2) is 8.67. The number of ketones is 1. The van der Waals surface area contributed by atoms with Gasteiger partial charge in [0, 0.05) is 11.1 Å². The van der Waals surface area contributed by atoms with Crippen molar-refractivity contribution in [2.24, 2.45) is 0 Å². The van der Waals surface area contributed by atoms with Crippen molar-refractivity contribution in [2.45, 2.75) is 26.8 Å². The van der Waals surface area contributed by atoms with Crippen molar-refractivity contribution in [3.8, 4) is 5.75 Å². The lowest BCUT2D eigenvalue weighted by Gasteiger charge is -2.24. The van der Waals surface area contributed by atoms with Crippen molar-refractivity contribution in [1.82, 2.24) is 4.98 Å². The van der Waals surface area contributed by atoms with Crippen LogP contribution in [-0.4, -0.2) is 28.9 Å². The van der Waals surface area contributed by atoms with Crippen LogP contribution in [-0.2, 0) is 9.59 Å². The van der Waals surface area contributed by atoms with E-state index in [2.05, 4.69) is 0 Å². The van der Waals surface area contributed by atoms with Gasteiger partial charge in [-0.1, -0.05) is 65.4 Å². The number of hydrogen-bond acceptors (Lipinski definition) is 6. The zero-order chi connectivity index (χ0) is 24.9. The number of carbonyl (C=O) groups is 2. The van der Waals surface area contributed by atoms with Gasteiger partial charge in [0.15, 0.2) is 5.13 Å². The minimum absolute atomic E-state index is 0.00973. The maximum Gasteiger partial charge on any atom is 0.301 e. The van der Waals surface area contributed by atoms with Crippen LogP contribution in [0.3, 0.4) is 0 Å². The minimum atomic E-state index is -0.894. The summed E-state index contributed by atoms with van der Waals surface area (Å²) >= 11 is 1.35. The number of Topliss-reactive ketones (excluding diaryl/α,β-unsaturated/α-hetero) is 1. The zero-order valence-corrected chi connectivity index (χ0v) is 20.6. The van der Waals surface area contributed by atoms with Gasteiger partial charge < -0.3 is 9.84 Å². The van der Waals surface area contributed by atoms with Crippen LogP contribution in [0.5, 0.6) is 5.75 Å². The first-order chi connectivity index (χ1) is 16.8. The smallest absolute Gasteiger partial charge is 0.301 e. The Morgan fingerprint density at radius 2 is 1.71 bits per heavy atom. The molecule has 1 saturated heterocycles. The van der Waals surface area contributed by atoms with Gasteiger partial charge in [-0.3, -0.25) is 14.5 Å². The van der Waals surface area contributed by atoms with E-state index in [1.807, 2.05) is 57.2 Å². The Balaban J connectivity index is 1.77. The molecule has 2 heterocycles. The van der Waals surface area contributed by atoms with Crippen molar-refractivity contribution in [1.29, 1.82) is 0 Å². The Bertz CT molecular complexity index is 1520. The number of aryl methyl sites for hydroxylation is 3. The Hall–Kier alpha value is -3.97. The molecule has 1 aromatic heterocycles. The fraction of sp³-hybridized carbons (Fsp3) is 0.179. The van der Waals surface area contributed by atoms with Gasteiger partial charge in [0.2, 0.25) is 0 Å². The van der Waals surface area contributed by atoms with Crippen molar-refractivity contribution in [2.75, 3.05) is 12.0 Å². The summed E-state index contributed by atoms with van der Waals surface area (Å²) in [7, 11) is 1.54. The van der Waals surface area contributed by atoms with Crippen LogP contribution in [0, 0.1) is 20.8 Å². The number of ether oxygens (including phenoxy) is 1. The Morgan fingerprint density at radius 1 is 1.00 bits per heavy atom. The summed E-state index contributed by atoms with van der Waals surface area (Å²) in [5.41, 5.74) is 4.95. The lowest BCUT2D eigenvalue weighted by molar-refractivity contribution is -0.132. The number of para-hydroxylation sites is 1. The molecule has 4 aromatic rings. The second-order valence-corrected chi connectivity index (χ2v) is 9.71. The number of rotatable bonds is 4. The Labute approximate surface area is 207 Å². The summed E-state index contributed by atoms with van der Waals surface area (Å²) in [4.78, 5) is 33.0. The molecule has 1 fully saturated rings.